The van der Waals surface area contributed by atoms with E-state index in [9.17, 15) is 14.7 Å². The molecule has 1 unspecified atom stereocenters. The number of aliphatic hydroxyl groups is 1. The Morgan fingerprint density at radius 3 is 2.21 bits per heavy atom. The molecule has 0 spiro atoms. The van der Waals surface area contributed by atoms with Gasteiger partial charge in [0.2, 0.25) is 0 Å². The predicted molar refractivity (Wildman–Crippen MR) is 97.8 cm³/mol. The van der Waals surface area contributed by atoms with E-state index in [0.29, 0.717) is 12.8 Å². The van der Waals surface area contributed by atoms with Gasteiger partial charge in [0, 0.05) is 18.9 Å². The lowest BCUT2D eigenvalue weighted by Gasteiger charge is -2.06. The van der Waals surface area contributed by atoms with Crippen LogP contribution in [0.5, 0.6) is 0 Å². The van der Waals surface area contributed by atoms with Crippen LogP contribution in [-0.4, -0.2) is 28.1 Å². The van der Waals surface area contributed by atoms with Gasteiger partial charge in [-0.2, -0.15) is 0 Å². The number of carbonyl (C=O) groups excluding carboxylic acids is 1. The molecule has 2 N–H and O–H groups in total. The Bertz CT molecular complexity index is 458. The molecule has 0 fully saturated rings. The van der Waals surface area contributed by atoms with Gasteiger partial charge in [0.1, 0.15) is 5.78 Å². The van der Waals surface area contributed by atoms with Crippen LogP contribution in [0.4, 0.5) is 0 Å². The van der Waals surface area contributed by atoms with E-state index < -0.39 is 5.97 Å². The molecular formula is C20H30O4. The van der Waals surface area contributed by atoms with Crippen molar-refractivity contribution in [2.45, 2.75) is 64.4 Å². The quantitative estimate of drug-likeness (QED) is 0.281. The van der Waals surface area contributed by atoms with Crippen LogP contribution in [0, 0.1) is 0 Å². The van der Waals surface area contributed by atoms with Crippen molar-refractivity contribution in [3.8, 4) is 0 Å². The number of unbranched alkanes of at least 4 members (excludes halogenated alkanes) is 3. The minimum Gasteiger partial charge on any atom is -0.478 e. The minimum absolute atomic E-state index is 0.173. The molecule has 0 saturated carbocycles. The van der Waals surface area contributed by atoms with Gasteiger partial charge in [0.05, 0.1) is 6.10 Å². The summed E-state index contributed by atoms with van der Waals surface area (Å²) in [5.41, 5.74) is 0. The summed E-state index contributed by atoms with van der Waals surface area (Å²) in [5, 5.41) is 17.8. The first kappa shape index (κ1) is 22.1. The largest absolute Gasteiger partial charge is 0.478 e. The number of carbonyl (C=O) groups is 2. The van der Waals surface area contributed by atoms with Gasteiger partial charge in [0.15, 0.2) is 0 Å². The Labute approximate surface area is 145 Å². The summed E-state index contributed by atoms with van der Waals surface area (Å²) >= 11 is 0. The molecule has 1 atom stereocenters. The fourth-order valence-corrected chi connectivity index (χ4v) is 2.03. The monoisotopic (exact) mass is 334 g/mol. The molecule has 0 aliphatic carbocycles. The molecule has 0 heterocycles. The maximum Gasteiger partial charge on any atom is 0.328 e. The van der Waals surface area contributed by atoms with Gasteiger partial charge in [-0.1, -0.05) is 68.7 Å². The highest BCUT2D eigenvalue weighted by Crippen LogP contribution is 2.09. The smallest absolute Gasteiger partial charge is 0.328 e. The number of ketones is 1. The highest BCUT2D eigenvalue weighted by Gasteiger charge is 2.01. The topological polar surface area (TPSA) is 74.6 Å². The maximum atomic E-state index is 11.7. The van der Waals surface area contributed by atoms with Gasteiger partial charge in [-0.15, -0.1) is 0 Å². The highest BCUT2D eigenvalue weighted by atomic mass is 16.4. The number of carboxylic acids is 1. The first-order chi connectivity index (χ1) is 11.6. The number of carboxylic acid groups (broad SMARTS) is 1. The van der Waals surface area contributed by atoms with E-state index >= 15 is 0 Å². The summed E-state index contributed by atoms with van der Waals surface area (Å²) in [6.07, 6.45) is 19.7. The summed E-state index contributed by atoms with van der Waals surface area (Å²) in [6, 6.07) is 0. The lowest BCUT2D eigenvalue weighted by atomic mass is 10.0. The van der Waals surface area contributed by atoms with Crippen molar-refractivity contribution in [2.75, 3.05) is 0 Å². The van der Waals surface area contributed by atoms with Crippen molar-refractivity contribution in [3.05, 3.63) is 48.6 Å². The van der Waals surface area contributed by atoms with Gasteiger partial charge in [-0.3, -0.25) is 4.79 Å². The van der Waals surface area contributed by atoms with E-state index in [1.807, 2.05) is 19.1 Å². The number of allylic oxidation sites excluding steroid dienone is 7. The molecule has 24 heavy (non-hydrogen) atoms. The molecule has 0 bridgehead atoms. The summed E-state index contributed by atoms with van der Waals surface area (Å²) in [5.74, 6) is -0.728. The van der Waals surface area contributed by atoms with E-state index in [1.165, 1.54) is 6.08 Å². The molecular weight excluding hydrogens is 304 g/mol. The summed E-state index contributed by atoms with van der Waals surface area (Å²) in [4.78, 5) is 21.9. The lowest BCUT2D eigenvalue weighted by molar-refractivity contribution is -0.131. The van der Waals surface area contributed by atoms with Crippen LogP contribution in [0.25, 0.3) is 0 Å². The Morgan fingerprint density at radius 1 is 0.917 bits per heavy atom. The molecule has 0 aromatic rings. The lowest BCUT2D eigenvalue weighted by Crippen LogP contribution is -2.03. The number of hydrogen-bond acceptors (Lipinski definition) is 3. The Balaban J connectivity index is 3.62. The SMILES string of the molecule is CCC(O)CCCCCCC(=O)CC=CC=CC=CC=CC(=O)O. The number of Topliss-reactive ketones (excluding diaryl/α,β-unsaturated/α-hetero) is 1. The van der Waals surface area contributed by atoms with E-state index in [4.69, 9.17) is 5.11 Å². The van der Waals surface area contributed by atoms with Crippen LogP contribution >= 0.6 is 0 Å². The van der Waals surface area contributed by atoms with Gasteiger partial charge < -0.3 is 10.2 Å². The molecule has 0 aliphatic rings. The third-order valence-electron chi connectivity index (χ3n) is 3.49. The number of aliphatic hydroxyl groups excluding tert-OH is 1. The van der Waals surface area contributed by atoms with Crippen molar-refractivity contribution < 1.29 is 19.8 Å². The Hall–Kier alpha value is -1.94. The summed E-state index contributed by atoms with van der Waals surface area (Å²) in [6.45, 7) is 1.98. The van der Waals surface area contributed by atoms with Crippen molar-refractivity contribution >= 4 is 11.8 Å². The van der Waals surface area contributed by atoms with Crippen molar-refractivity contribution in [3.63, 3.8) is 0 Å². The molecule has 4 heteroatoms. The molecule has 0 aromatic heterocycles. The van der Waals surface area contributed by atoms with Gasteiger partial charge in [-0.25, -0.2) is 4.79 Å². The second-order valence-electron chi connectivity index (χ2n) is 5.65. The molecule has 0 aromatic carbocycles. The van der Waals surface area contributed by atoms with Crippen LogP contribution in [0.1, 0.15) is 58.3 Å². The fraction of sp³-hybridized carbons (Fsp3) is 0.500. The van der Waals surface area contributed by atoms with Gasteiger partial charge in [-0.05, 0) is 19.3 Å². The molecule has 0 radical (unpaired) electrons. The third-order valence-corrected chi connectivity index (χ3v) is 3.49. The standard InChI is InChI=1S/C20H30O4/c1-2-18(21)14-10-8-9-12-16-19(22)15-11-6-4-3-5-7-13-17-20(23)24/h3-7,11,13,17-18,21H,2,8-10,12,14-16H2,1H3,(H,23,24). The third kappa shape index (κ3) is 16.4. The number of aliphatic carboxylic acids is 1. The first-order valence-electron chi connectivity index (χ1n) is 8.65. The zero-order valence-corrected chi connectivity index (χ0v) is 14.6. The van der Waals surface area contributed by atoms with Gasteiger partial charge >= 0.3 is 5.97 Å². The van der Waals surface area contributed by atoms with Crippen molar-refractivity contribution in [1.82, 2.24) is 0 Å². The van der Waals surface area contributed by atoms with Gasteiger partial charge in [0.25, 0.3) is 0 Å². The number of rotatable bonds is 14. The van der Waals surface area contributed by atoms with E-state index in [2.05, 4.69) is 0 Å². The molecule has 0 aliphatic heterocycles. The molecule has 0 saturated heterocycles. The summed E-state index contributed by atoms with van der Waals surface area (Å²) < 4.78 is 0. The second kappa shape index (κ2) is 15.9. The fourth-order valence-electron chi connectivity index (χ4n) is 2.03. The minimum atomic E-state index is -0.972. The molecule has 0 amide bonds. The van der Waals surface area contributed by atoms with E-state index in [-0.39, 0.29) is 11.9 Å². The Kier molecular flexibility index (Phi) is 14.6. The van der Waals surface area contributed by atoms with Crippen molar-refractivity contribution in [2.24, 2.45) is 0 Å². The molecule has 4 nitrogen and oxygen atoms in total. The maximum absolute atomic E-state index is 11.7. The van der Waals surface area contributed by atoms with E-state index in [1.54, 1.807) is 24.3 Å². The average molecular weight is 334 g/mol. The van der Waals surface area contributed by atoms with E-state index in [0.717, 1.165) is 44.6 Å². The highest BCUT2D eigenvalue weighted by molar-refractivity contribution is 5.80. The number of hydrogen-bond donors (Lipinski definition) is 2. The normalized spacial score (nSPS) is 13.6. The summed E-state index contributed by atoms with van der Waals surface area (Å²) in [7, 11) is 0. The Morgan fingerprint density at radius 2 is 1.54 bits per heavy atom. The van der Waals surface area contributed by atoms with Crippen LogP contribution in [-0.2, 0) is 9.59 Å². The zero-order chi connectivity index (χ0) is 18.0. The zero-order valence-electron chi connectivity index (χ0n) is 14.6. The van der Waals surface area contributed by atoms with Crippen LogP contribution in [0.2, 0.25) is 0 Å². The van der Waals surface area contributed by atoms with Crippen LogP contribution in [0.3, 0.4) is 0 Å². The van der Waals surface area contributed by atoms with Crippen LogP contribution in [0.15, 0.2) is 48.6 Å². The van der Waals surface area contributed by atoms with Crippen LogP contribution < -0.4 is 0 Å². The van der Waals surface area contributed by atoms with Crippen molar-refractivity contribution in [1.29, 1.82) is 0 Å². The predicted octanol–water partition coefficient (Wildman–Crippen LogP) is 4.37. The second-order valence-corrected chi connectivity index (χ2v) is 5.65. The molecule has 134 valence electrons. The average Bonchev–Trinajstić information content (AvgIpc) is 2.55. The molecule has 0 rings (SSSR count). The first-order valence-corrected chi connectivity index (χ1v) is 8.65.